The summed E-state index contributed by atoms with van der Waals surface area (Å²) in [6.07, 6.45) is 0. The summed E-state index contributed by atoms with van der Waals surface area (Å²) in [6.45, 7) is 7.47. The average molecular weight is 520 g/mol. The topological polar surface area (TPSA) is 49.4 Å². The van der Waals surface area contributed by atoms with Crippen LogP contribution in [-0.4, -0.2) is 34.0 Å². The number of nitrogens with one attached hydrogen (secondary N) is 1. The molecule has 2 aromatic rings. The molecule has 1 unspecified atom stereocenters. The monoisotopic (exact) mass is 518 g/mol. The molecule has 2 aromatic carbocycles. The zero-order valence-electron chi connectivity index (χ0n) is 18.3. The third-order valence-corrected chi connectivity index (χ3v) is 6.57. The van der Waals surface area contributed by atoms with Crippen LogP contribution in [0.15, 0.2) is 36.4 Å². The molecule has 0 bridgehead atoms. The van der Waals surface area contributed by atoms with E-state index < -0.39 is 17.4 Å². The number of amides is 2. The van der Waals surface area contributed by atoms with Crippen molar-refractivity contribution in [2.75, 3.05) is 5.75 Å². The van der Waals surface area contributed by atoms with Crippen LogP contribution in [0.25, 0.3) is 0 Å². The van der Waals surface area contributed by atoms with Crippen LogP contribution in [0.3, 0.4) is 0 Å². The highest BCUT2D eigenvalue weighted by Crippen LogP contribution is 2.26. The number of hydrogen-bond acceptors (Lipinski definition) is 3. The lowest BCUT2D eigenvalue weighted by Crippen LogP contribution is -2.52. The van der Waals surface area contributed by atoms with Gasteiger partial charge in [0.25, 0.3) is 0 Å². The molecule has 0 aromatic heterocycles. The number of hydrogen-bond donors (Lipinski definition) is 1. The fraction of sp³-hybridized carbons (Fsp3) is 0.391. The lowest BCUT2D eigenvalue weighted by atomic mass is 10.1. The first-order valence-corrected chi connectivity index (χ1v) is 12.2. The van der Waals surface area contributed by atoms with Crippen LogP contribution in [-0.2, 0) is 21.9 Å². The highest BCUT2D eigenvalue weighted by atomic mass is 35.5. The molecular weight excluding hydrogens is 494 g/mol. The van der Waals surface area contributed by atoms with Gasteiger partial charge in [0, 0.05) is 28.4 Å². The van der Waals surface area contributed by atoms with Crippen molar-refractivity contribution in [3.05, 3.63) is 68.4 Å². The van der Waals surface area contributed by atoms with E-state index >= 15 is 0 Å². The predicted molar refractivity (Wildman–Crippen MR) is 132 cm³/mol. The van der Waals surface area contributed by atoms with Crippen molar-refractivity contribution in [2.24, 2.45) is 0 Å². The Bertz CT molecular complexity index is 962. The summed E-state index contributed by atoms with van der Waals surface area (Å²) in [7, 11) is 0. The molecule has 0 saturated heterocycles. The number of carbonyl (C=O) groups is 2. The van der Waals surface area contributed by atoms with Gasteiger partial charge in [0.1, 0.15) is 11.9 Å². The summed E-state index contributed by atoms with van der Waals surface area (Å²) in [5, 5.41) is 3.99. The highest BCUT2D eigenvalue weighted by Gasteiger charge is 2.28. The summed E-state index contributed by atoms with van der Waals surface area (Å²) in [4.78, 5) is 27.4. The molecule has 4 nitrogen and oxygen atoms in total. The highest BCUT2D eigenvalue weighted by molar-refractivity contribution is 7.99. The molecule has 0 fully saturated rings. The van der Waals surface area contributed by atoms with E-state index in [0.717, 1.165) is 5.56 Å². The van der Waals surface area contributed by atoms with E-state index in [-0.39, 0.29) is 29.9 Å². The van der Waals surface area contributed by atoms with E-state index in [0.29, 0.717) is 20.6 Å². The minimum atomic E-state index is -0.728. The quantitative estimate of drug-likeness (QED) is 0.442. The minimum Gasteiger partial charge on any atom is -0.350 e. The Kier molecular flexibility index (Phi) is 9.70. The molecule has 0 heterocycles. The van der Waals surface area contributed by atoms with E-state index in [1.807, 2.05) is 20.8 Å². The minimum absolute atomic E-state index is 0.0547. The fourth-order valence-corrected chi connectivity index (χ4v) is 4.45. The van der Waals surface area contributed by atoms with Gasteiger partial charge < -0.3 is 10.2 Å². The standard InChI is InChI=1S/C23H26Cl3FN2O2S/c1-14(22(31)28-23(2,3)4)29(11-15-8-9-18(25)19(26)10-15)21(30)13-32-12-16-17(24)6-5-7-20(16)27/h5-10,14H,11-13H2,1-4H3,(H,28,31). The lowest BCUT2D eigenvalue weighted by molar-refractivity contribution is -0.139. The van der Waals surface area contributed by atoms with Crippen LogP contribution < -0.4 is 5.32 Å². The number of thioether (sulfide) groups is 1. The van der Waals surface area contributed by atoms with Gasteiger partial charge in [0.2, 0.25) is 11.8 Å². The molecule has 0 aliphatic rings. The Morgan fingerprint density at radius 1 is 1.09 bits per heavy atom. The molecule has 2 rings (SSSR count). The Labute approximate surface area is 207 Å². The molecule has 0 aliphatic heterocycles. The van der Waals surface area contributed by atoms with Gasteiger partial charge in [-0.25, -0.2) is 4.39 Å². The summed E-state index contributed by atoms with van der Waals surface area (Å²) in [6, 6.07) is 8.83. The van der Waals surface area contributed by atoms with Gasteiger partial charge in [-0.05, 0) is 57.5 Å². The van der Waals surface area contributed by atoms with Crippen molar-refractivity contribution < 1.29 is 14.0 Å². The van der Waals surface area contributed by atoms with Gasteiger partial charge >= 0.3 is 0 Å². The van der Waals surface area contributed by atoms with E-state index in [1.54, 1.807) is 31.2 Å². The predicted octanol–water partition coefficient (Wildman–Crippen LogP) is 6.35. The number of nitrogens with zero attached hydrogens (tertiary/aromatic N) is 1. The number of halogens is 4. The van der Waals surface area contributed by atoms with Gasteiger partial charge in [0.05, 0.1) is 15.8 Å². The summed E-state index contributed by atoms with van der Waals surface area (Å²) >= 11 is 19.4. The molecule has 2 amide bonds. The smallest absolute Gasteiger partial charge is 0.242 e. The normalized spacial score (nSPS) is 12.4. The van der Waals surface area contributed by atoms with Crippen molar-refractivity contribution in [1.82, 2.24) is 10.2 Å². The van der Waals surface area contributed by atoms with Crippen LogP contribution in [0.2, 0.25) is 15.1 Å². The molecule has 32 heavy (non-hydrogen) atoms. The van der Waals surface area contributed by atoms with Crippen LogP contribution in [0, 0.1) is 5.82 Å². The zero-order valence-corrected chi connectivity index (χ0v) is 21.4. The van der Waals surface area contributed by atoms with Crippen molar-refractivity contribution in [2.45, 2.75) is 51.6 Å². The molecule has 0 spiro atoms. The molecule has 9 heteroatoms. The van der Waals surface area contributed by atoms with E-state index in [4.69, 9.17) is 34.8 Å². The Morgan fingerprint density at radius 2 is 1.78 bits per heavy atom. The van der Waals surface area contributed by atoms with Gasteiger partial charge in [-0.3, -0.25) is 9.59 Å². The second kappa shape index (κ2) is 11.6. The van der Waals surface area contributed by atoms with Gasteiger partial charge in [-0.15, -0.1) is 11.8 Å². The average Bonchev–Trinajstić information content (AvgIpc) is 2.69. The number of carbonyl (C=O) groups excluding carboxylic acids is 2. The molecule has 0 radical (unpaired) electrons. The number of rotatable bonds is 8. The van der Waals surface area contributed by atoms with E-state index in [2.05, 4.69) is 5.32 Å². The van der Waals surface area contributed by atoms with Gasteiger partial charge in [-0.2, -0.15) is 0 Å². The van der Waals surface area contributed by atoms with E-state index in [9.17, 15) is 14.0 Å². The SMILES string of the molecule is CC(C(=O)NC(C)(C)C)N(Cc1ccc(Cl)c(Cl)c1)C(=O)CSCc1c(F)cccc1Cl. The molecule has 174 valence electrons. The molecule has 0 aliphatic carbocycles. The van der Waals surface area contributed by atoms with Crippen molar-refractivity contribution in [3.63, 3.8) is 0 Å². The van der Waals surface area contributed by atoms with Crippen LogP contribution >= 0.6 is 46.6 Å². The maximum atomic E-state index is 14.0. The fourth-order valence-electron chi connectivity index (χ4n) is 2.88. The largest absolute Gasteiger partial charge is 0.350 e. The Morgan fingerprint density at radius 3 is 2.38 bits per heavy atom. The van der Waals surface area contributed by atoms with Crippen molar-refractivity contribution in [3.8, 4) is 0 Å². The Balaban J connectivity index is 2.17. The van der Waals surface area contributed by atoms with Crippen LogP contribution in [0.5, 0.6) is 0 Å². The zero-order chi connectivity index (χ0) is 24.1. The summed E-state index contributed by atoms with van der Waals surface area (Å²) in [5.41, 5.74) is 0.645. The number of benzene rings is 2. The van der Waals surface area contributed by atoms with Crippen molar-refractivity contribution in [1.29, 1.82) is 0 Å². The molecule has 1 atom stereocenters. The van der Waals surface area contributed by atoms with Crippen LogP contribution in [0.4, 0.5) is 4.39 Å². The molecule has 0 saturated carbocycles. The van der Waals surface area contributed by atoms with Gasteiger partial charge in [0.15, 0.2) is 0 Å². The first kappa shape index (κ1) is 26.8. The van der Waals surface area contributed by atoms with Crippen LogP contribution in [0.1, 0.15) is 38.8 Å². The maximum Gasteiger partial charge on any atom is 0.242 e. The lowest BCUT2D eigenvalue weighted by Gasteiger charge is -2.31. The summed E-state index contributed by atoms with van der Waals surface area (Å²) in [5.74, 6) is -0.652. The van der Waals surface area contributed by atoms with E-state index in [1.165, 1.54) is 28.8 Å². The van der Waals surface area contributed by atoms with Crippen molar-refractivity contribution >= 4 is 58.4 Å². The molecule has 1 N–H and O–H groups in total. The Hall–Kier alpha value is -1.47. The first-order valence-electron chi connectivity index (χ1n) is 9.95. The third kappa shape index (κ3) is 7.84. The third-order valence-electron chi connectivity index (χ3n) is 4.54. The molecular formula is C23H26Cl3FN2O2S. The second-order valence-corrected chi connectivity index (χ2v) is 10.6. The maximum absolute atomic E-state index is 14.0. The summed E-state index contributed by atoms with van der Waals surface area (Å²) < 4.78 is 14.0. The second-order valence-electron chi connectivity index (χ2n) is 8.38. The van der Waals surface area contributed by atoms with Gasteiger partial charge in [-0.1, -0.05) is 46.9 Å². The first-order chi connectivity index (χ1) is 14.9.